The molecule has 15 heavy (non-hydrogen) atoms. The Balaban J connectivity index is 3.04. The van der Waals surface area contributed by atoms with Crippen molar-refractivity contribution in [2.75, 3.05) is 0 Å². The Morgan fingerprint density at radius 1 is 1.47 bits per heavy atom. The highest BCUT2D eigenvalue weighted by Gasteiger charge is 2.22. The van der Waals surface area contributed by atoms with Crippen LogP contribution in [-0.4, -0.2) is 18.7 Å². The third-order valence-corrected chi connectivity index (χ3v) is 3.75. The molecule has 0 bridgehead atoms. The molecular formula is C11H13NO2S. The average molecular weight is 223 g/mol. The number of hydrogen-bond acceptors (Lipinski definition) is 3. The number of nitrogens with zero attached hydrogens (tertiary/aromatic N) is 1. The zero-order valence-corrected chi connectivity index (χ0v) is 9.58. The lowest BCUT2D eigenvalue weighted by molar-refractivity contribution is 0.588. The Labute approximate surface area is 90.5 Å². The largest absolute Gasteiger partial charge is 0.245 e. The molecule has 0 radical (unpaired) electrons. The lowest BCUT2D eigenvalue weighted by atomic mass is 10.4. The Morgan fingerprint density at radius 2 is 2.20 bits per heavy atom. The zero-order chi connectivity index (χ0) is 11.3. The standard InChI is InChI=1S/C11H13NO2S/c1-3-4-7-10(2)15(13,14)11-8-5-6-9-12-11/h5-6,8-10H,3H2,1-2H3. The minimum atomic E-state index is -3.40. The van der Waals surface area contributed by atoms with Crippen LogP contribution in [0.2, 0.25) is 0 Å². The first kappa shape index (κ1) is 11.7. The number of rotatable bonds is 2. The maximum Gasteiger partial charge on any atom is 0.209 e. The molecule has 0 saturated heterocycles. The molecule has 3 nitrogen and oxygen atoms in total. The second kappa shape index (κ2) is 4.94. The summed E-state index contributed by atoms with van der Waals surface area (Å²) in [6.45, 7) is 3.46. The van der Waals surface area contributed by atoms with E-state index in [-0.39, 0.29) is 5.03 Å². The summed E-state index contributed by atoms with van der Waals surface area (Å²) in [6.07, 6.45) is 2.12. The molecule has 0 N–H and O–H groups in total. The molecule has 80 valence electrons. The van der Waals surface area contributed by atoms with Gasteiger partial charge in [-0.05, 0) is 19.1 Å². The molecule has 1 aromatic heterocycles. The topological polar surface area (TPSA) is 47.0 Å². The van der Waals surface area contributed by atoms with Crippen molar-refractivity contribution in [1.82, 2.24) is 4.98 Å². The Bertz CT molecular complexity index is 468. The van der Waals surface area contributed by atoms with Crippen LogP contribution in [0, 0.1) is 11.8 Å². The van der Waals surface area contributed by atoms with E-state index in [9.17, 15) is 8.42 Å². The van der Waals surface area contributed by atoms with Gasteiger partial charge in [-0.25, -0.2) is 13.4 Å². The van der Waals surface area contributed by atoms with Crippen LogP contribution < -0.4 is 0 Å². The Hall–Kier alpha value is -1.34. The van der Waals surface area contributed by atoms with E-state index in [1.807, 2.05) is 6.92 Å². The van der Waals surface area contributed by atoms with E-state index in [1.54, 1.807) is 19.1 Å². The predicted molar refractivity (Wildman–Crippen MR) is 59.0 cm³/mol. The van der Waals surface area contributed by atoms with Crippen LogP contribution in [0.4, 0.5) is 0 Å². The minimum Gasteiger partial charge on any atom is -0.245 e. The van der Waals surface area contributed by atoms with Crippen molar-refractivity contribution < 1.29 is 8.42 Å². The van der Waals surface area contributed by atoms with E-state index < -0.39 is 15.1 Å². The second-order valence-electron chi connectivity index (χ2n) is 3.03. The van der Waals surface area contributed by atoms with E-state index in [1.165, 1.54) is 12.3 Å². The second-order valence-corrected chi connectivity index (χ2v) is 5.25. The summed E-state index contributed by atoms with van der Waals surface area (Å²) in [7, 11) is -3.40. The molecule has 1 heterocycles. The minimum absolute atomic E-state index is 0.0860. The Morgan fingerprint density at radius 3 is 2.73 bits per heavy atom. The highest BCUT2D eigenvalue weighted by molar-refractivity contribution is 7.92. The summed E-state index contributed by atoms with van der Waals surface area (Å²) < 4.78 is 23.7. The van der Waals surface area contributed by atoms with Crippen molar-refractivity contribution in [3.8, 4) is 11.8 Å². The van der Waals surface area contributed by atoms with Gasteiger partial charge in [0.2, 0.25) is 9.84 Å². The smallest absolute Gasteiger partial charge is 0.209 e. The molecule has 0 aromatic carbocycles. The third-order valence-electron chi connectivity index (χ3n) is 1.88. The first-order valence-corrected chi connectivity index (χ1v) is 6.27. The summed E-state index contributed by atoms with van der Waals surface area (Å²) in [6, 6.07) is 4.82. The monoisotopic (exact) mass is 223 g/mol. The van der Waals surface area contributed by atoms with Crippen LogP contribution in [0.5, 0.6) is 0 Å². The SMILES string of the molecule is CCC#CC(C)S(=O)(=O)c1ccccn1. The van der Waals surface area contributed by atoms with Gasteiger partial charge in [0.1, 0.15) is 5.25 Å². The van der Waals surface area contributed by atoms with Crippen LogP contribution in [0.1, 0.15) is 20.3 Å². The molecule has 1 rings (SSSR count). The normalized spacial score (nSPS) is 12.7. The maximum absolute atomic E-state index is 11.9. The predicted octanol–water partition coefficient (Wildman–Crippen LogP) is 1.66. The summed E-state index contributed by atoms with van der Waals surface area (Å²) in [5.41, 5.74) is 0. The third kappa shape index (κ3) is 2.80. The van der Waals surface area contributed by atoms with Crippen molar-refractivity contribution in [3.05, 3.63) is 24.4 Å². The molecule has 0 saturated carbocycles. The lowest BCUT2D eigenvalue weighted by Crippen LogP contribution is -2.17. The summed E-state index contributed by atoms with van der Waals surface area (Å²) in [5, 5.41) is -0.616. The van der Waals surface area contributed by atoms with Gasteiger partial charge in [0, 0.05) is 12.6 Å². The highest BCUT2D eigenvalue weighted by Crippen LogP contribution is 2.11. The van der Waals surface area contributed by atoms with Crippen molar-refractivity contribution in [2.45, 2.75) is 30.5 Å². The van der Waals surface area contributed by atoms with Gasteiger partial charge < -0.3 is 0 Å². The quantitative estimate of drug-likeness (QED) is 0.716. The summed E-state index contributed by atoms with van der Waals surface area (Å²) in [4.78, 5) is 3.82. The summed E-state index contributed by atoms with van der Waals surface area (Å²) in [5.74, 6) is 5.46. The van der Waals surface area contributed by atoms with E-state index in [4.69, 9.17) is 0 Å². The number of hydrogen-bond donors (Lipinski definition) is 0. The van der Waals surface area contributed by atoms with Crippen molar-refractivity contribution in [2.24, 2.45) is 0 Å². The van der Waals surface area contributed by atoms with Gasteiger partial charge in [-0.15, -0.1) is 5.92 Å². The first-order valence-electron chi connectivity index (χ1n) is 4.72. The first-order chi connectivity index (χ1) is 7.09. The number of pyridine rings is 1. The Kier molecular flexibility index (Phi) is 3.87. The lowest BCUT2D eigenvalue weighted by Gasteiger charge is -2.05. The molecule has 1 aromatic rings. The van der Waals surface area contributed by atoms with E-state index in [0.29, 0.717) is 6.42 Å². The number of sulfone groups is 1. The maximum atomic E-state index is 11.9. The van der Waals surface area contributed by atoms with Crippen molar-refractivity contribution >= 4 is 9.84 Å². The van der Waals surface area contributed by atoms with Gasteiger partial charge in [0.25, 0.3) is 0 Å². The number of aromatic nitrogens is 1. The highest BCUT2D eigenvalue weighted by atomic mass is 32.2. The van der Waals surface area contributed by atoms with Crippen LogP contribution in [0.25, 0.3) is 0 Å². The van der Waals surface area contributed by atoms with E-state index in [2.05, 4.69) is 16.8 Å². The van der Waals surface area contributed by atoms with Gasteiger partial charge in [-0.3, -0.25) is 0 Å². The van der Waals surface area contributed by atoms with E-state index in [0.717, 1.165) is 0 Å². The molecule has 0 aliphatic carbocycles. The fourth-order valence-corrected chi connectivity index (χ4v) is 2.10. The van der Waals surface area contributed by atoms with Crippen LogP contribution in [0.3, 0.4) is 0 Å². The van der Waals surface area contributed by atoms with Gasteiger partial charge in [-0.2, -0.15) is 0 Å². The van der Waals surface area contributed by atoms with Crippen molar-refractivity contribution in [1.29, 1.82) is 0 Å². The zero-order valence-electron chi connectivity index (χ0n) is 8.77. The average Bonchev–Trinajstić information content (AvgIpc) is 2.27. The van der Waals surface area contributed by atoms with Gasteiger partial charge in [0.15, 0.2) is 5.03 Å². The van der Waals surface area contributed by atoms with Gasteiger partial charge in [0.05, 0.1) is 0 Å². The molecule has 0 spiro atoms. The molecule has 1 unspecified atom stereocenters. The molecule has 0 aliphatic rings. The summed E-state index contributed by atoms with van der Waals surface area (Å²) >= 11 is 0. The molecule has 0 amide bonds. The molecule has 0 aliphatic heterocycles. The van der Waals surface area contributed by atoms with Gasteiger partial charge in [-0.1, -0.05) is 18.9 Å². The van der Waals surface area contributed by atoms with E-state index >= 15 is 0 Å². The fourth-order valence-electron chi connectivity index (χ4n) is 1.02. The van der Waals surface area contributed by atoms with Crippen LogP contribution in [0.15, 0.2) is 29.4 Å². The molecule has 0 fully saturated rings. The molecular weight excluding hydrogens is 210 g/mol. The molecule has 1 atom stereocenters. The van der Waals surface area contributed by atoms with Crippen LogP contribution >= 0.6 is 0 Å². The molecule has 4 heteroatoms. The van der Waals surface area contributed by atoms with Crippen LogP contribution in [-0.2, 0) is 9.84 Å². The fraction of sp³-hybridized carbons (Fsp3) is 0.364. The van der Waals surface area contributed by atoms with Crippen molar-refractivity contribution in [3.63, 3.8) is 0 Å². The van der Waals surface area contributed by atoms with Gasteiger partial charge >= 0.3 is 0 Å².